The lowest BCUT2D eigenvalue weighted by Crippen LogP contribution is -2.12. The zero-order valence-electron chi connectivity index (χ0n) is 9.92. The Morgan fingerprint density at radius 1 is 1.53 bits per heavy atom. The Labute approximate surface area is 112 Å². The van der Waals surface area contributed by atoms with E-state index in [0.29, 0.717) is 10.8 Å². The van der Waals surface area contributed by atoms with Gasteiger partial charge in [-0.2, -0.15) is 0 Å². The molecule has 0 radical (unpaired) electrons. The first-order valence-corrected chi connectivity index (χ1v) is 6.28. The molecule has 1 aromatic carbocycles. The quantitative estimate of drug-likeness (QED) is 0.806. The lowest BCUT2D eigenvalue weighted by atomic mass is 10.2. The molecule has 0 spiro atoms. The molecule has 1 amide bonds. The van der Waals surface area contributed by atoms with Gasteiger partial charge < -0.3 is 10.2 Å². The molecule has 2 rings (SSSR count). The van der Waals surface area contributed by atoms with Gasteiger partial charge in [-0.3, -0.25) is 10.1 Å². The average Bonchev–Trinajstić information content (AvgIpc) is 2.77. The smallest absolute Gasteiger partial charge is 0.261 e. The lowest BCUT2D eigenvalue weighted by molar-refractivity contribution is 0.102. The van der Waals surface area contributed by atoms with Gasteiger partial charge in [0.2, 0.25) is 0 Å². The standard InChI is InChI=1S/C12H11FN2O3S/c1-6(16)9-5-19-12(14-9)15-11(18)8-3-2-7(13)4-10(8)17/h2-6,16-17H,1H3,(H,14,15,18). The van der Waals surface area contributed by atoms with Crippen molar-refractivity contribution in [3.05, 3.63) is 40.7 Å². The molecule has 0 aliphatic rings. The van der Waals surface area contributed by atoms with Gasteiger partial charge in [-0.1, -0.05) is 0 Å². The van der Waals surface area contributed by atoms with Crippen LogP contribution in [0.4, 0.5) is 9.52 Å². The number of hydrogen-bond donors (Lipinski definition) is 3. The number of carbonyl (C=O) groups excluding carboxylic acids is 1. The number of phenolic OH excluding ortho intramolecular Hbond substituents is 1. The van der Waals surface area contributed by atoms with E-state index in [1.165, 1.54) is 6.07 Å². The molecule has 0 bridgehead atoms. The number of halogens is 1. The van der Waals surface area contributed by atoms with Crippen LogP contribution in [0.1, 0.15) is 29.1 Å². The number of phenols is 1. The SMILES string of the molecule is CC(O)c1csc(NC(=O)c2ccc(F)cc2O)n1. The van der Waals surface area contributed by atoms with Crippen LogP contribution in [0.5, 0.6) is 5.75 Å². The van der Waals surface area contributed by atoms with Crippen molar-refractivity contribution < 1.29 is 19.4 Å². The van der Waals surface area contributed by atoms with Crippen molar-refractivity contribution in [2.45, 2.75) is 13.0 Å². The maximum absolute atomic E-state index is 12.8. The highest BCUT2D eigenvalue weighted by Crippen LogP contribution is 2.23. The highest BCUT2D eigenvalue weighted by atomic mass is 32.1. The van der Waals surface area contributed by atoms with Crippen LogP contribution in [0.3, 0.4) is 0 Å². The van der Waals surface area contributed by atoms with E-state index in [0.717, 1.165) is 23.5 Å². The molecule has 1 atom stereocenters. The maximum Gasteiger partial charge on any atom is 0.261 e. The van der Waals surface area contributed by atoms with Crippen molar-refractivity contribution in [2.75, 3.05) is 5.32 Å². The highest BCUT2D eigenvalue weighted by molar-refractivity contribution is 7.14. The van der Waals surface area contributed by atoms with Crippen LogP contribution in [0.15, 0.2) is 23.6 Å². The molecular formula is C12H11FN2O3S. The third-order valence-corrected chi connectivity index (χ3v) is 3.15. The minimum Gasteiger partial charge on any atom is -0.507 e. The van der Waals surface area contributed by atoms with Crippen LogP contribution in [-0.4, -0.2) is 21.1 Å². The van der Waals surface area contributed by atoms with Crippen LogP contribution in [0.2, 0.25) is 0 Å². The summed E-state index contributed by atoms with van der Waals surface area (Å²) < 4.78 is 12.8. The van der Waals surface area contributed by atoms with Crippen molar-refractivity contribution in [3.8, 4) is 5.75 Å². The summed E-state index contributed by atoms with van der Waals surface area (Å²) in [7, 11) is 0. The van der Waals surface area contributed by atoms with Crippen molar-refractivity contribution in [3.63, 3.8) is 0 Å². The number of amides is 1. The topological polar surface area (TPSA) is 82.5 Å². The number of hydrogen-bond acceptors (Lipinski definition) is 5. The zero-order valence-corrected chi connectivity index (χ0v) is 10.7. The number of nitrogens with zero attached hydrogens (tertiary/aromatic N) is 1. The molecule has 19 heavy (non-hydrogen) atoms. The Morgan fingerprint density at radius 2 is 2.26 bits per heavy atom. The predicted octanol–water partition coefficient (Wildman–Crippen LogP) is 2.29. The third-order valence-electron chi connectivity index (χ3n) is 2.37. The van der Waals surface area contributed by atoms with E-state index in [1.807, 2.05) is 0 Å². The van der Waals surface area contributed by atoms with Crippen molar-refractivity contribution >= 4 is 22.4 Å². The van der Waals surface area contributed by atoms with Gasteiger partial charge in [-0.25, -0.2) is 9.37 Å². The number of nitrogens with one attached hydrogen (secondary N) is 1. The molecule has 0 aliphatic carbocycles. The summed E-state index contributed by atoms with van der Waals surface area (Å²) in [4.78, 5) is 15.8. The summed E-state index contributed by atoms with van der Waals surface area (Å²) in [5.74, 6) is -1.66. The van der Waals surface area contributed by atoms with Crippen LogP contribution >= 0.6 is 11.3 Å². The number of carbonyl (C=O) groups is 1. The summed E-state index contributed by atoms with van der Waals surface area (Å²) in [6, 6.07) is 3.12. The van der Waals surface area contributed by atoms with E-state index in [4.69, 9.17) is 0 Å². The second-order valence-corrected chi connectivity index (χ2v) is 4.73. The fraction of sp³-hybridized carbons (Fsp3) is 0.167. The van der Waals surface area contributed by atoms with E-state index in [9.17, 15) is 19.4 Å². The number of aliphatic hydroxyl groups excluding tert-OH is 1. The third kappa shape index (κ3) is 3.07. The predicted molar refractivity (Wildman–Crippen MR) is 68.8 cm³/mol. The monoisotopic (exact) mass is 282 g/mol. The second-order valence-electron chi connectivity index (χ2n) is 3.87. The summed E-state index contributed by atoms with van der Waals surface area (Å²) in [6.07, 6.45) is -0.721. The molecule has 3 N–H and O–H groups in total. The highest BCUT2D eigenvalue weighted by Gasteiger charge is 2.14. The largest absolute Gasteiger partial charge is 0.507 e. The normalized spacial score (nSPS) is 12.2. The Morgan fingerprint density at radius 3 is 2.84 bits per heavy atom. The van der Waals surface area contributed by atoms with Crippen LogP contribution in [0.25, 0.3) is 0 Å². The fourth-order valence-electron chi connectivity index (χ4n) is 1.40. The van der Waals surface area contributed by atoms with Gasteiger partial charge in [-0.05, 0) is 19.1 Å². The molecule has 0 saturated heterocycles. The lowest BCUT2D eigenvalue weighted by Gasteiger charge is -2.04. The number of benzene rings is 1. The molecular weight excluding hydrogens is 271 g/mol. The molecule has 0 saturated carbocycles. The number of anilines is 1. The van der Waals surface area contributed by atoms with E-state index in [1.54, 1.807) is 12.3 Å². The average molecular weight is 282 g/mol. The van der Waals surface area contributed by atoms with Gasteiger partial charge >= 0.3 is 0 Å². The number of aliphatic hydroxyl groups is 1. The van der Waals surface area contributed by atoms with Gasteiger partial charge in [0.05, 0.1) is 17.4 Å². The number of aromatic nitrogens is 1. The molecule has 2 aromatic rings. The molecule has 1 heterocycles. The van der Waals surface area contributed by atoms with Gasteiger partial charge in [0.15, 0.2) is 5.13 Å². The van der Waals surface area contributed by atoms with E-state index >= 15 is 0 Å². The van der Waals surface area contributed by atoms with Gasteiger partial charge in [-0.15, -0.1) is 11.3 Å². The molecule has 1 aromatic heterocycles. The van der Waals surface area contributed by atoms with E-state index < -0.39 is 23.6 Å². The first kappa shape index (κ1) is 13.4. The second kappa shape index (κ2) is 5.33. The van der Waals surface area contributed by atoms with Crippen LogP contribution < -0.4 is 5.32 Å². The van der Waals surface area contributed by atoms with Crippen LogP contribution in [0, 0.1) is 5.82 Å². The molecule has 0 aliphatic heterocycles. The molecule has 1 unspecified atom stereocenters. The Balaban J connectivity index is 2.16. The number of aromatic hydroxyl groups is 1. The molecule has 0 fully saturated rings. The maximum atomic E-state index is 12.8. The summed E-state index contributed by atoms with van der Waals surface area (Å²) in [5.41, 5.74) is 0.402. The van der Waals surface area contributed by atoms with Gasteiger partial charge in [0, 0.05) is 11.4 Å². The summed E-state index contributed by atoms with van der Waals surface area (Å²) in [5, 5.41) is 23.2. The first-order chi connectivity index (χ1) is 8.97. The molecule has 7 heteroatoms. The number of thiazole rings is 1. The van der Waals surface area contributed by atoms with E-state index in [2.05, 4.69) is 10.3 Å². The van der Waals surface area contributed by atoms with Crippen molar-refractivity contribution in [1.29, 1.82) is 0 Å². The Kier molecular flexibility index (Phi) is 3.77. The Bertz CT molecular complexity index is 613. The van der Waals surface area contributed by atoms with Gasteiger partial charge in [0.1, 0.15) is 11.6 Å². The summed E-state index contributed by atoms with van der Waals surface area (Å²) >= 11 is 1.15. The first-order valence-electron chi connectivity index (χ1n) is 5.40. The Hall–Kier alpha value is -1.99. The fourth-order valence-corrected chi connectivity index (χ4v) is 2.19. The van der Waals surface area contributed by atoms with Crippen molar-refractivity contribution in [1.82, 2.24) is 4.98 Å². The molecule has 5 nitrogen and oxygen atoms in total. The minimum absolute atomic E-state index is 0.0461. The van der Waals surface area contributed by atoms with Crippen LogP contribution in [-0.2, 0) is 0 Å². The van der Waals surface area contributed by atoms with Crippen molar-refractivity contribution in [2.24, 2.45) is 0 Å². The molecule has 100 valence electrons. The zero-order chi connectivity index (χ0) is 14.0. The summed E-state index contributed by atoms with van der Waals surface area (Å²) in [6.45, 7) is 1.56. The van der Waals surface area contributed by atoms with Gasteiger partial charge in [0.25, 0.3) is 5.91 Å². The number of rotatable bonds is 3. The van der Waals surface area contributed by atoms with E-state index in [-0.39, 0.29) is 5.56 Å². The minimum atomic E-state index is -0.721.